The van der Waals surface area contributed by atoms with E-state index < -0.39 is 8.80 Å². The molecule has 0 aromatic rings. The Labute approximate surface area is 133 Å². The SMILES string of the molecule is CC(=O)N(CCO)C[Si]12O[C@H](C)CN(C[C@@H](C)O1)C[C@H](C)O2. The van der Waals surface area contributed by atoms with Gasteiger partial charge >= 0.3 is 8.80 Å². The number of aliphatic hydroxyl groups excluding tert-OH is 1. The molecule has 3 rings (SSSR count). The maximum Gasteiger partial charge on any atom is 0.522 e. The second-order valence-corrected chi connectivity index (χ2v) is 8.74. The zero-order valence-electron chi connectivity index (χ0n) is 13.9. The number of amides is 1. The van der Waals surface area contributed by atoms with Crippen LogP contribution in [0.3, 0.4) is 0 Å². The number of carbonyl (C=O) groups is 1. The predicted octanol–water partition coefficient (Wildman–Crippen LogP) is -0.150. The van der Waals surface area contributed by atoms with Crippen molar-refractivity contribution < 1.29 is 23.2 Å². The fourth-order valence-electron chi connectivity index (χ4n) is 3.24. The summed E-state index contributed by atoms with van der Waals surface area (Å²) >= 11 is 0. The second-order valence-electron chi connectivity index (χ2n) is 6.35. The van der Waals surface area contributed by atoms with E-state index in [0.29, 0.717) is 6.17 Å². The number of nitrogens with zero attached hydrogens (tertiary/aromatic N) is 2. The molecular weight excluding hydrogens is 304 g/mol. The molecule has 3 heterocycles. The molecule has 8 heteroatoms. The number of rotatable bonds is 4. The van der Waals surface area contributed by atoms with Crippen molar-refractivity contribution in [1.29, 1.82) is 0 Å². The average molecular weight is 332 g/mol. The number of hydrogen-bond acceptors (Lipinski definition) is 6. The summed E-state index contributed by atoms with van der Waals surface area (Å²) in [5.74, 6) is -0.106. The first-order valence-electron chi connectivity index (χ1n) is 7.95. The summed E-state index contributed by atoms with van der Waals surface area (Å²) in [5.41, 5.74) is 0. The molecule has 0 radical (unpaired) electrons. The highest BCUT2D eigenvalue weighted by Crippen LogP contribution is 2.25. The van der Waals surface area contributed by atoms with Crippen LogP contribution in [0.15, 0.2) is 0 Å². The monoisotopic (exact) mass is 332 g/mol. The van der Waals surface area contributed by atoms with Crippen LogP contribution in [-0.4, -0.2) is 86.9 Å². The topological polar surface area (TPSA) is 71.5 Å². The van der Waals surface area contributed by atoms with Gasteiger partial charge in [-0.1, -0.05) is 0 Å². The lowest BCUT2D eigenvalue weighted by Crippen LogP contribution is -2.66. The minimum Gasteiger partial charge on any atom is -0.395 e. The molecule has 0 aliphatic carbocycles. The van der Waals surface area contributed by atoms with Gasteiger partial charge in [-0.2, -0.15) is 0 Å². The van der Waals surface area contributed by atoms with Gasteiger partial charge in [0.25, 0.3) is 0 Å². The molecule has 0 unspecified atom stereocenters. The van der Waals surface area contributed by atoms with Crippen molar-refractivity contribution in [2.45, 2.75) is 46.0 Å². The number of hydrogen-bond donors (Lipinski definition) is 1. The van der Waals surface area contributed by atoms with Crippen LogP contribution in [0.25, 0.3) is 0 Å². The molecule has 3 aliphatic heterocycles. The maximum atomic E-state index is 11.8. The van der Waals surface area contributed by atoms with Gasteiger partial charge in [0.05, 0.1) is 31.1 Å². The smallest absolute Gasteiger partial charge is 0.395 e. The summed E-state index contributed by atoms with van der Waals surface area (Å²) in [5, 5.41) is 9.19. The van der Waals surface area contributed by atoms with Crippen LogP contribution in [0, 0.1) is 0 Å². The van der Waals surface area contributed by atoms with E-state index in [1.807, 2.05) is 20.8 Å². The lowest BCUT2D eigenvalue weighted by molar-refractivity contribution is -0.131. The minimum atomic E-state index is -3.01. The Morgan fingerprint density at radius 3 is 1.95 bits per heavy atom. The van der Waals surface area contributed by atoms with Gasteiger partial charge in [-0.05, 0) is 20.8 Å². The second kappa shape index (κ2) is 7.37. The molecule has 3 atom stereocenters. The van der Waals surface area contributed by atoms with E-state index in [1.165, 1.54) is 6.92 Å². The third kappa shape index (κ3) is 4.50. The van der Waals surface area contributed by atoms with Crippen molar-refractivity contribution in [2.24, 2.45) is 0 Å². The van der Waals surface area contributed by atoms with Gasteiger partial charge in [-0.25, -0.2) is 0 Å². The third-order valence-electron chi connectivity index (χ3n) is 3.89. The Morgan fingerprint density at radius 1 is 1.14 bits per heavy atom. The van der Waals surface area contributed by atoms with Crippen LogP contribution in [0.4, 0.5) is 0 Å². The lowest BCUT2D eigenvalue weighted by atomic mass is 10.2. The van der Waals surface area contributed by atoms with E-state index in [1.54, 1.807) is 4.90 Å². The molecule has 0 aromatic carbocycles. The molecule has 2 bridgehead atoms. The van der Waals surface area contributed by atoms with Crippen LogP contribution >= 0.6 is 0 Å². The summed E-state index contributed by atoms with van der Waals surface area (Å²) in [6, 6.07) is 0. The van der Waals surface area contributed by atoms with Gasteiger partial charge in [0.15, 0.2) is 0 Å². The first-order valence-corrected chi connectivity index (χ1v) is 9.89. The van der Waals surface area contributed by atoms with E-state index in [4.69, 9.17) is 13.3 Å². The van der Waals surface area contributed by atoms with E-state index in [0.717, 1.165) is 19.6 Å². The highest BCUT2D eigenvalue weighted by molar-refractivity contribution is 6.61. The van der Waals surface area contributed by atoms with Gasteiger partial charge in [-0.15, -0.1) is 0 Å². The summed E-state index contributed by atoms with van der Waals surface area (Å²) in [4.78, 5) is 15.7. The molecule has 3 saturated heterocycles. The lowest BCUT2D eigenvalue weighted by Gasteiger charge is -2.46. The molecule has 128 valence electrons. The van der Waals surface area contributed by atoms with Crippen molar-refractivity contribution in [3.8, 4) is 0 Å². The van der Waals surface area contributed by atoms with Gasteiger partial charge < -0.3 is 23.3 Å². The maximum absolute atomic E-state index is 11.8. The molecule has 0 aromatic heterocycles. The Morgan fingerprint density at radius 2 is 1.59 bits per heavy atom. The molecule has 0 saturated carbocycles. The highest BCUT2D eigenvalue weighted by atomic mass is 28.4. The Bertz CT molecular complexity index is 361. The van der Waals surface area contributed by atoms with E-state index in [2.05, 4.69) is 4.90 Å². The zero-order chi connectivity index (χ0) is 16.3. The van der Waals surface area contributed by atoms with Crippen molar-refractivity contribution in [3.05, 3.63) is 0 Å². The van der Waals surface area contributed by atoms with Gasteiger partial charge in [0, 0.05) is 33.1 Å². The zero-order valence-corrected chi connectivity index (χ0v) is 14.9. The quantitative estimate of drug-likeness (QED) is 0.722. The fraction of sp³-hybridized carbons (Fsp3) is 0.929. The normalized spacial score (nSPS) is 39.0. The standard InChI is InChI=1S/C14H28N2O5Si/c1-11-7-15-8-12(2)20-22(19-11,21-13(3)9-15)10-16(5-6-17)14(4)18/h11-13,17H,5-10H2,1-4H3/t11-,12-,13+/m1/s1. The van der Waals surface area contributed by atoms with Crippen LogP contribution in [0.2, 0.25) is 0 Å². The first-order chi connectivity index (χ1) is 10.3. The molecule has 7 nitrogen and oxygen atoms in total. The Hall–Kier alpha value is -0.513. The highest BCUT2D eigenvalue weighted by Gasteiger charge is 2.50. The van der Waals surface area contributed by atoms with Gasteiger partial charge in [0.2, 0.25) is 5.91 Å². The predicted molar refractivity (Wildman–Crippen MR) is 83.2 cm³/mol. The van der Waals surface area contributed by atoms with Crippen molar-refractivity contribution >= 4 is 14.7 Å². The number of carbonyl (C=O) groups excluding carboxylic acids is 1. The third-order valence-corrected chi connectivity index (χ3v) is 6.94. The van der Waals surface area contributed by atoms with Crippen molar-refractivity contribution in [3.63, 3.8) is 0 Å². The minimum absolute atomic E-state index is 0.00500. The molecule has 1 amide bonds. The Balaban J connectivity index is 2.25. The van der Waals surface area contributed by atoms with Crippen LogP contribution < -0.4 is 0 Å². The largest absolute Gasteiger partial charge is 0.522 e. The van der Waals surface area contributed by atoms with Crippen LogP contribution in [0.1, 0.15) is 27.7 Å². The Kier molecular flexibility index (Phi) is 5.98. The summed E-state index contributed by atoms with van der Waals surface area (Å²) in [6.45, 7) is 10.2. The summed E-state index contributed by atoms with van der Waals surface area (Å²) in [7, 11) is -3.01. The van der Waals surface area contributed by atoms with Crippen molar-refractivity contribution in [1.82, 2.24) is 9.80 Å². The molecule has 22 heavy (non-hydrogen) atoms. The average Bonchev–Trinajstić information content (AvgIpc) is 2.33. The van der Waals surface area contributed by atoms with Gasteiger partial charge in [-0.3, -0.25) is 9.69 Å². The molecule has 3 aliphatic rings. The first kappa shape index (κ1) is 17.8. The molecule has 3 fully saturated rings. The van der Waals surface area contributed by atoms with Gasteiger partial charge in [0.1, 0.15) is 0 Å². The van der Waals surface area contributed by atoms with E-state index >= 15 is 0 Å². The molecule has 0 spiro atoms. The van der Waals surface area contributed by atoms with Crippen LogP contribution in [-0.2, 0) is 18.1 Å². The number of aliphatic hydroxyl groups is 1. The van der Waals surface area contributed by atoms with Crippen molar-refractivity contribution in [2.75, 3.05) is 39.0 Å². The fourth-order valence-corrected chi connectivity index (χ4v) is 6.54. The summed E-state index contributed by atoms with van der Waals surface area (Å²) in [6.07, 6.45) is 0.279. The van der Waals surface area contributed by atoms with E-state index in [-0.39, 0.29) is 37.4 Å². The summed E-state index contributed by atoms with van der Waals surface area (Å²) < 4.78 is 18.6. The van der Waals surface area contributed by atoms with Crippen LogP contribution in [0.5, 0.6) is 0 Å². The molecule has 1 N–H and O–H groups in total. The number of fused-ring (bicyclic) bond motifs is 6. The van der Waals surface area contributed by atoms with E-state index in [9.17, 15) is 9.90 Å². The molecular formula is C14H28N2O5Si.